The van der Waals surface area contributed by atoms with Crippen molar-refractivity contribution < 1.29 is 14.4 Å². The van der Waals surface area contributed by atoms with Gasteiger partial charge in [-0.05, 0) is 36.1 Å². The van der Waals surface area contributed by atoms with Crippen LogP contribution < -0.4 is 5.32 Å². The molecule has 0 aliphatic carbocycles. The Balaban J connectivity index is 1.82. The Morgan fingerprint density at radius 1 is 1.12 bits per heavy atom. The lowest BCUT2D eigenvalue weighted by atomic mass is 9.98. The summed E-state index contributed by atoms with van der Waals surface area (Å²) in [4.78, 5) is 38.4. The highest BCUT2D eigenvalue weighted by Gasteiger charge is 2.38. The first-order valence-electron chi connectivity index (χ1n) is 8.35. The molecule has 1 N–H and O–H groups in total. The molecule has 3 rings (SSSR count). The van der Waals surface area contributed by atoms with Crippen LogP contribution in [0.25, 0.3) is 0 Å². The van der Waals surface area contributed by atoms with Gasteiger partial charge in [-0.3, -0.25) is 19.3 Å². The second kappa shape index (κ2) is 6.92. The van der Waals surface area contributed by atoms with Crippen molar-refractivity contribution in [3.05, 3.63) is 63.7 Å². The number of nitrogens with zero attached hydrogens (tertiary/aromatic N) is 1. The average Bonchev–Trinajstić information content (AvgIpc) is 2.82. The van der Waals surface area contributed by atoms with Crippen molar-refractivity contribution in [3.8, 4) is 0 Å². The molecular formula is C20H19ClN2O3. The Labute approximate surface area is 156 Å². The summed E-state index contributed by atoms with van der Waals surface area (Å²) < 4.78 is 0. The monoisotopic (exact) mass is 370 g/mol. The molecule has 2 aromatic rings. The normalized spacial score (nSPS) is 13.3. The lowest BCUT2D eigenvalue weighted by Gasteiger charge is -2.18. The number of para-hydroxylation sites is 1. The molecule has 6 heteroatoms. The number of halogens is 1. The minimum Gasteiger partial charge on any atom is -0.324 e. The predicted octanol–water partition coefficient (Wildman–Crippen LogP) is 4.01. The van der Waals surface area contributed by atoms with E-state index in [0.29, 0.717) is 0 Å². The predicted molar refractivity (Wildman–Crippen MR) is 101 cm³/mol. The average molecular weight is 371 g/mol. The molecule has 0 saturated carbocycles. The van der Waals surface area contributed by atoms with Gasteiger partial charge in [0, 0.05) is 5.69 Å². The summed E-state index contributed by atoms with van der Waals surface area (Å²) in [6.07, 6.45) is 0. The standard InChI is InChI=1S/C20H19ClN2O3/c1-11(2)13-7-4-6-12(3)18(13)22-16(24)10-23-19(25)14-8-5-9-15(21)17(14)20(23)26/h4-9,11H,10H2,1-3H3,(H,22,24). The summed E-state index contributed by atoms with van der Waals surface area (Å²) in [5.41, 5.74) is 3.04. The van der Waals surface area contributed by atoms with Crippen LogP contribution in [0.15, 0.2) is 36.4 Å². The first kappa shape index (κ1) is 18.1. The minimum atomic E-state index is -0.542. The molecule has 1 aliphatic heterocycles. The second-order valence-electron chi connectivity index (χ2n) is 6.60. The van der Waals surface area contributed by atoms with Crippen molar-refractivity contribution >= 4 is 35.0 Å². The van der Waals surface area contributed by atoms with Crippen LogP contribution in [0.1, 0.15) is 51.6 Å². The zero-order valence-corrected chi connectivity index (χ0v) is 15.6. The molecule has 5 nitrogen and oxygen atoms in total. The van der Waals surface area contributed by atoms with E-state index in [4.69, 9.17) is 11.6 Å². The van der Waals surface area contributed by atoms with Crippen molar-refractivity contribution in [2.45, 2.75) is 26.7 Å². The highest BCUT2D eigenvalue weighted by molar-refractivity contribution is 6.37. The number of benzene rings is 2. The zero-order chi connectivity index (χ0) is 19.0. The summed E-state index contributed by atoms with van der Waals surface area (Å²) in [6.45, 7) is 5.63. The molecule has 0 unspecified atom stereocenters. The first-order chi connectivity index (χ1) is 12.3. The van der Waals surface area contributed by atoms with Crippen molar-refractivity contribution in [2.24, 2.45) is 0 Å². The molecule has 1 heterocycles. The number of aryl methyl sites for hydroxylation is 1. The van der Waals surface area contributed by atoms with E-state index >= 15 is 0 Å². The number of hydrogen-bond donors (Lipinski definition) is 1. The minimum absolute atomic E-state index is 0.158. The number of amides is 3. The third kappa shape index (κ3) is 3.10. The van der Waals surface area contributed by atoms with Gasteiger partial charge in [0.15, 0.2) is 0 Å². The van der Waals surface area contributed by atoms with E-state index in [-0.39, 0.29) is 28.6 Å². The van der Waals surface area contributed by atoms with Gasteiger partial charge >= 0.3 is 0 Å². The van der Waals surface area contributed by atoms with E-state index in [1.165, 1.54) is 6.07 Å². The molecule has 0 fully saturated rings. The fraction of sp³-hybridized carbons (Fsp3) is 0.250. The van der Waals surface area contributed by atoms with Crippen LogP contribution in [0.2, 0.25) is 5.02 Å². The van der Waals surface area contributed by atoms with Crippen LogP contribution in [0.5, 0.6) is 0 Å². The van der Waals surface area contributed by atoms with Crippen molar-refractivity contribution in [3.63, 3.8) is 0 Å². The number of nitrogens with one attached hydrogen (secondary N) is 1. The number of imide groups is 1. The van der Waals surface area contributed by atoms with E-state index in [0.717, 1.165) is 21.7 Å². The van der Waals surface area contributed by atoms with Crippen LogP contribution in [0.4, 0.5) is 5.69 Å². The van der Waals surface area contributed by atoms with E-state index in [1.807, 2.05) is 39.0 Å². The fourth-order valence-electron chi connectivity index (χ4n) is 3.10. The highest BCUT2D eigenvalue weighted by Crippen LogP contribution is 2.30. The fourth-order valence-corrected chi connectivity index (χ4v) is 3.36. The van der Waals surface area contributed by atoms with Gasteiger partial charge in [0.05, 0.1) is 16.1 Å². The van der Waals surface area contributed by atoms with Gasteiger partial charge in [0.2, 0.25) is 5.91 Å². The third-order valence-corrected chi connectivity index (χ3v) is 4.76. The maximum Gasteiger partial charge on any atom is 0.263 e. The van der Waals surface area contributed by atoms with E-state index < -0.39 is 17.7 Å². The molecule has 134 valence electrons. The van der Waals surface area contributed by atoms with Crippen LogP contribution in [0.3, 0.4) is 0 Å². The van der Waals surface area contributed by atoms with Gasteiger partial charge in [-0.1, -0.05) is 49.7 Å². The zero-order valence-electron chi connectivity index (χ0n) is 14.8. The Morgan fingerprint density at radius 2 is 1.81 bits per heavy atom. The number of carbonyl (C=O) groups is 3. The van der Waals surface area contributed by atoms with Gasteiger partial charge in [0.25, 0.3) is 11.8 Å². The van der Waals surface area contributed by atoms with Gasteiger partial charge in [-0.2, -0.15) is 0 Å². The number of hydrogen-bond acceptors (Lipinski definition) is 3. The topological polar surface area (TPSA) is 66.5 Å². The number of rotatable bonds is 4. The number of anilines is 1. The largest absolute Gasteiger partial charge is 0.324 e. The number of carbonyl (C=O) groups excluding carboxylic acids is 3. The van der Waals surface area contributed by atoms with E-state index in [9.17, 15) is 14.4 Å². The van der Waals surface area contributed by atoms with Crippen LogP contribution >= 0.6 is 11.6 Å². The van der Waals surface area contributed by atoms with Crippen molar-refractivity contribution in [1.82, 2.24) is 4.90 Å². The van der Waals surface area contributed by atoms with Crippen molar-refractivity contribution in [2.75, 3.05) is 11.9 Å². The second-order valence-corrected chi connectivity index (χ2v) is 7.01. The summed E-state index contributed by atoms with van der Waals surface area (Å²) in [5, 5.41) is 3.06. The Hall–Kier alpha value is -2.66. The molecule has 0 radical (unpaired) electrons. The smallest absolute Gasteiger partial charge is 0.263 e. The molecule has 0 aromatic heterocycles. The third-order valence-electron chi connectivity index (χ3n) is 4.44. The van der Waals surface area contributed by atoms with Gasteiger partial charge in [-0.15, -0.1) is 0 Å². The molecule has 0 bridgehead atoms. The van der Waals surface area contributed by atoms with Crippen LogP contribution in [-0.2, 0) is 4.79 Å². The van der Waals surface area contributed by atoms with Gasteiger partial charge in [0.1, 0.15) is 6.54 Å². The SMILES string of the molecule is Cc1cccc(C(C)C)c1NC(=O)CN1C(=O)c2cccc(Cl)c2C1=O. The molecule has 1 aliphatic rings. The van der Waals surface area contributed by atoms with Gasteiger partial charge in [-0.25, -0.2) is 0 Å². The van der Waals surface area contributed by atoms with E-state index in [1.54, 1.807) is 12.1 Å². The molecule has 0 saturated heterocycles. The Morgan fingerprint density at radius 3 is 2.46 bits per heavy atom. The Kier molecular flexibility index (Phi) is 4.83. The van der Waals surface area contributed by atoms with Crippen LogP contribution in [0, 0.1) is 6.92 Å². The quantitative estimate of drug-likeness (QED) is 0.827. The summed E-state index contributed by atoms with van der Waals surface area (Å²) in [6, 6.07) is 10.5. The lowest BCUT2D eigenvalue weighted by Crippen LogP contribution is -2.37. The Bertz CT molecular complexity index is 921. The van der Waals surface area contributed by atoms with Gasteiger partial charge < -0.3 is 5.32 Å². The summed E-state index contributed by atoms with van der Waals surface area (Å²) in [5.74, 6) is -1.24. The lowest BCUT2D eigenvalue weighted by molar-refractivity contribution is -0.116. The molecule has 0 atom stereocenters. The summed E-state index contributed by atoms with van der Waals surface area (Å²) in [7, 11) is 0. The van der Waals surface area contributed by atoms with Crippen molar-refractivity contribution in [1.29, 1.82) is 0 Å². The highest BCUT2D eigenvalue weighted by atomic mass is 35.5. The molecule has 2 aromatic carbocycles. The van der Waals surface area contributed by atoms with E-state index in [2.05, 4.69) is 5.32 Å². The van der Waals surface area contributed by atoms with Crippen LogP contribution in [-0.4, -0.2) is 29.2 Å². The molecular weight excluding hydrogens is 352 g/mol. The first-order valence-corrected chi connectivity index (χ1v) is 8.73. The number of fused-ring (bicyclic) bond motifs is 1. The summed E-state index contributed by atoms with van der Waals surface area (Å²) >= 11 is 6.04. The molecule has 3 amide bonds. The maximum atomic E-state index is 12.5. The maximum absolute atomic E-state index is 12.5. The molecule has 0 spiro atoms. The molecule has 26 heavy (non-hydrogen) atoms.